The molecule has 2 atom stereocenters. The highest BCUT2D eigenvalue weighted by atomic mass is 35.5. The van der Waals surface area contributed by atoms with Gasteiger partial charge >= 0.3 is 0 Å². The predicted molar refractivity (Wildman–Crippen MR) is 78.3 cm³/mol. The van der Waals surface area contributed by atoms with Gasteiger partial charge in [0.2, 0.25) is 5.91 Å². The number of carbonyl (C=O) groups is 1. The molecule has 0 saturated heterocycles. The molecule has 2 aliphatic rings. The molecule has 1 amide bonds. The Morgan fingerprint density at radius 3 is 2.42 bits per heavy atom. The second-order valence-electron chi connectivity index (χ2n) is 5.95. The number of amides is 1. The van der Waals surface area contributed by atoms with E-state index >= 15 is 0 Å². The van der Waals surface area contributed by atoms with Crippen molar-refractivity contribution in [2.75, 3.05) is 27.3 Å². The van der Waals surface area contributed by atoms with Gasteiger partial charge in [-0.2, -0.15) is 0 Å². The molecule has 19 heavy (non-hydrogen) atoms. The average Bonchev–Trinajstić information content (AvgIpc) is 2.34. The van der Waals surface area contributed by atoms with Crippen molar-refractivity contribution in [3.05, 3.63) is 0 Å². The number of rotatable bonds is 4. The third-order valence-electron chi connectivity index (χ3n) is 4.77. The fourth-order valence-corrected chi connectivity index (χ4v) is 3.64. The molecule has 0 aromatic rings. The van der Waals surface area contributed by atoms with Gasteiger partial charge in [-0.15, -0.1) is 12.4 Å². The lowest BCUT2D eigenvalue weighted by Crippen LogP contribution is -2.49. The summed E-state index contributed by atoms with van der Waals surface area (Å²) in [5.74, 6) is 1.63. The Balaban J connectivity index is 0.00000180. The van der Waals surface area contributed by atoms with Crippen LogP contribution >= 0.6 is 12.4 Å². The Hall–Kier alpha value is -0.320. The smallest absolute Gasteiger partial charge is 0.225 e. The van der Waals surface area contributed by atoms with E-state index in [2.05, 4.69) is 0 Å². The topological polar surface area (TPSA) is 55.6 Å². The fraction of sp³-hybridized carbons (Fsp3) is 0.929. The largest absolute Gasteiger partial charge is 0.383 e. The molecule has 0 aliphatic heterocycles. The number of fused-ring (bicyclic) bond motifs is 2. The zero-order valence-corrected chi connectivity index (χ0v) is 12.8. The van der Waals surface area contributed by atoms with Crippen LogP contribution in [0.25, 0.3) is 0 Å². The van der Waals surface area contributed by atoms with Gasteiger partial charge in [0, 0.05) is 32.7 Å². The van der Waals surface area contributed by atoms with E-state index in [-0.39, 0.29) is 24.2 Å². The van der Waals surface area contributed by atoms with Gasteiger partial charge in [-0.1, -0.05) is 6.42 Å². The summed E-state index contributed by atoms with van der Waals surface area (Å²) in [5, 5.41) is 0. The molecule has 0 aromatic heterocycles. The van der Waals surface area contributed by atoms with Crippen LogP contribution in [0.4, 0.5) is 0 Å². The Morgan fingerprint density at radius 2 is 1.89 bits per heavy atom. The van der Waals surface area contributed by atoms with E-state index in [0.29, 0.717) is 31.0 Å². The first kappa shape index (κ1) is 16.7. The van der Waals surface area contributed by atoms with E-state index in [4.69, 9.17) is 10.5 Å². The molecule has 0 radical (unpaired) electrons. The number of carbonyl (C=O) groups excluding carboxylic acids is 1. The van der Waals surface area contributed by atoms with Crippen molar-refractivity contribution in [1.29, 1.82) is 0 Å². The Morgan fingerprint density at radius 1 is 1.32 bits per heavy atom. The van der Waals surface area contributed by atoms with Crippen molar-refractivity contribution in [3.8, 4) is 0 Å². The lowest BCUT2D eigenvalue weighted by Gasteiger charge is -2.44. The molecule has 2 fully saturated rings. The Kier molecular flexibility index (Phi) is 6.57. The first-order chi connectivity index (χ1) is 8.63. The standard InChI is InChI=1S/C14H26N2O2.ClH/c1-16(6-7-18-2)14(17)12-8-10-4-3-5-11(9-12)13(10)15;/h10-13H,3-9,15H2,1-2H3;1H. The van der Waals surface area contributed by atoms with Crippen LogP contribution in [0.5, 0.6) is 0 Å². The number of ether oxygens (including phenoxy) is 1. The molecular formula is C14H27ClN2O2. The molecule has 0 spiro atoms. The maximum atomic E-state index is 12.4. The number of nitrogens with two attached hydrogens (primary N) is 1. The van der Waals surface area contributed by atoms with Crippen molar-refractivity contribution in [1.82, 2.24) is 4.90 Å². The van der Waals surface area contributed by atoms with Crippen LogP contribution in [0.3, 0.4) is 0 Å². The predicted octanol–water partition coefficient (Wildman–Crippen LogP) is 1.67. The number of likely N-dealkylation sites (N-methyl/N-ethyl adjacent to an activating group) is 1. The highest BCUT2D eigenvalue weighted by Crippen LogP contribution is 2.42. The number of hydrogen-bond acceptors (Lipinski definition) is 3. The summed E-state index contributed by atoms with van der Waals surface area (Å²) < 4.78 is 5.03. The molecular weight excluding hydrogens is 264 g/mol. The molecule has 2 bridgehead atoms. The normalized spacial score (nSPS) is 33.4. The summed E-state index contributed by atoms with van der Waals surface area (Å²) in [6.07, 6.45) is 5.71. The second kappa shape index (κ2) is 7.46. The van der Waals surface area contributed by atoms with E-state index in [1.54, 1.807) is 7.11 Å². The number of nitrogens with zero attached hydrogens (tertiary/aromatic N) is 1. The first-order valence-corrected chi connectivity index (χ1v) is 7.13. The van der Waals surface area contributed by atoms with E-state index in [0.717, 1.165) is 12.8 Å². The Labute approximate surface area is 122 Å². The molecule has 4 nitrogen and oxygen atoms in total. The summed E-state index contributed by atoms with van der Waals surface area (Å²) in [4.78, 5) is 14.2. The van der Waals surface area contributed by atoms with E-state index < -0.39 is 0 Å². The van der Waals surface area contributed by atoms with Gasteiger partial charge in [0.25, 0.3) is 0 Å². The highest BCUT2D eigenvalue weighted by Gasteiger charge is 2.41. The van der Waals surface area contributed by atoms with E-state index in [9.17, 15) is 4.79 Å². The van der Waals surface area contributed by atoms with Crippen LogP contribution in [-0.4, -0.2) is 44.2 Å². The summed E-state index contributed by atoms with van der Waals surface area (Å²) in [6, 6.07) is 0.340. The number of halogens is 1. The van der Waals surface area contributed by atoms with Crippen molar-refractivity contribution in [3.63, 3.8) is 0 Å². The molecule has 2 N–H and O–H groups in total. The van der Waals surface area contributed by atoms with Crippen LogP contribution in [0.1, 0.15) is 32.1 Å². The third kappa shape index (κ3) is 3.83. The quantitative estimate of drug-likeness (QED) is 0.857. The average molecular weight is 291 g/mol. The summed E-state index contributed by atoms with van der Waals surface area (Å²) >= 11 is 0. The molecule has 0 aromatic carbocycles. The zero-order chi connectivity index (χ0) is 13.1. The highest BCUT2D eigenvalue weighted by molar-refractivity contribution is 5.85. The minimum atomic E-state index is 0. The molecule has 0 heterocycles. The number of hydrogen-bond donors (Lipinski definition) is 1. The van der Waals surface area contributed by atoms with Crippen molar-refractivity contribution in [2.45, 2.75) is 38.1 Å². The van der Waals surface area contributed by atoms with Gasteiger partial charge in [0.15, 0.2) is 0 Å². The molecule has 2 saturated carbocycles. The summed E-state index contributed by atoms with van der Waals surface area (Å²) in [6.45, 7) is 1.30. The van der Waals surface area contributed by atoms with Gasteiger partial charge in [0.05, 0.1) is 6.61 Å². The molecule has 112 valence electrons. The first-order valence-electron chi connectivity index (χ1n) is 7.13. The summed E-state index contributed by atoms with van der Waals surface area (Å²) in [5.41, 5.74) is 6.26. The lowest BCUT2D eigenvalue weighted by atomic mass is 9.65. The maximum absolute atomic E-state index is 12.4. The molecule has 5 heteroatoms. The molecule has 2 aliphatic carbocycles. The fourth-order valence-electron chi connectivity index (χ4n) is 3.64. The van der Waals surface area contributed by atoms with E-state index in [1.807, 2.05) is 11.9 Å². The van der Waals surface area contributed by atoms with Gasteiger partial charge < -0.3 is 15.4 Å². The second-order valence-corrected chi connectivity index (χ2v) is 5.95. The van der Waals surface area contributed by atoms with Gasteiger partial charge in [-0.25, -0.2) is 0 Å². The van der Waals surface area contributed by atoms with Crippen LogP contribution < -0.4 is 5.73 Å². The monoisotopic (exact) mass is 290 g/mol. The van der Waals surface area contributed by atoms with Gasteiger partial charge in [-0.05, 0) is 37.5 Å². The molecule has 2 unspecified atom stereocenters. The van der Waals surface area contributed by atoms with Crippen molar-refractivity contribution in [2.24, 2.45) is 23.5 Å². The van der Waals surface area contributed by atoms with Crippen LogP contribution in [0, 0.1) is 17.8 Å². The third-order valence-corrected chi connectivity index (χ3v) is 4.77. The number of methoxy groups -OCH3 is 1. The van der Waals surface area contributed by atoms with Crippen LogP contribution in [-0.2, 0) is 9.53 Å². The van der Waals surface area contributed by atoms with E-state index in [1.165, 1.54) is 19.3 Å². The summed E-state index contributed by atoms with van der Waals surface area (Å²) in [7, 11) is 3.55. The molecule has 2 rings (SSSR count). The minimum absolute atomic E-state index is 0. The van der Waals surface area contributed by atoms with Crippen molar-refractivity contribution < 1.29 is 9.53 Å². The Bertz CT molecular complexity index is 287. The van der Waals surface area contributed by atoms with Gasteiger partial charge in [0.1, 0.15) is 0 Å². The zero-order valence-electron chi connectivity index (χ0n) is 12.0. The SMILES string of the molecule is COCCN(C)C(=O)C1CC2CCCC(C1)C2N.Cl. The van der Waals surface area contributed by atoms with Crippen LogP contribution in [0.15, 0.2) is 0 Å². The lowest BCUT2D eigenvalue weighted by molar-refractivity contribution is -0.137. The van der Waals surface area contributed by atoms with Crippen LogP contribution in [0.2, 0.25) is 0 Å². The minimum Gasteiger partial charge on any atom is -0.383 e. The van der Waals surface area contributed by atoms with Gasteiger partial charge in [-0.3, -0.25) is 4.79 Å². The maximum Gasteiger partial charge on any atom is 0.225 e. The van der Waals surface area contributed by atoms with Crippen molar-refractivity contribution >= 4 is 18.3 Å².